The minimum absolute atomic E-state index is 0.325. The number of hydrogen-bond donors (Lipinski definition) is 0. The molecule has 0 amide bonds. The molecule has 1 atom stereocenters. The Balaban J connectivity index is 2.60. The van der Waals surface area contributed by atoms with Crippen molar-refractivity contribution >= 4 is 22.6 Å². The van der Waals surface area contributed by atoms with Crippen LogP contribution in [0.2, 0.25) is 0 Å². The Morgan fingerprint density at radius 3 is 2.86 bits per heavy atom. The molecule has 80 valence electrons. The summed E-state index contributed by atoms with van der Waals surface area (Å²) in [4.78, 5) is 0. The molecule has 14 heavy (non-hydrogen) atoms. The molecular formula is C10H17IN2O. The highest BCUT2D eigenvalue weighted by molar-refractivity contribution is 14.1. The lowest BCUT2D eigenvalue weighted by Gasteiger charge is -2.11. The van der Waals surface area contributed by atoms with Gasteiger partial charge in [-0.2, -0.15) is 5.10 Å². The summed E-state index contributed by atoms with van der Waals surface area (Å²) in [5.41, 5.74) is 1.19. The van der Waals surface area contributed by atoms with E-state index in [4.69, 9.17) is 4.74 Å². The van der Waals surface area contributed by atoms with Crippen LogP contribution in [-0.4, -0.2) is 15.9 Å². The average molecular weight is 308 g/mol. The molecule has 0 saturated heterocycles. The maximum absolute atomic E-state index is 5.69. The van der Waals surface area contributed by atoms with Crippen LogP contribution in [0.15, 0.2) is 6.20 Å². The quantitative estimate of drug-likeness (QED) is 0.782. The zero-order chi connectivity index (χ0) is 10.6. The summed E-state index contributed by atoms with van der Waals surface area (Å²) in [6.07, 6.45) is 3.27. The van der Waals surface area contributed by atoms with Crippen molar-refractivity contribution in [2.75, 3.05) is 0 Å². The Morgan fingerprint density at radius 2 is 2.29 bits per heavy atom. The summed E-state index contributed by atoms with van der Waals surface area (Å²) in [6.45, 7) is 7.89. The normalized spacial score (nSPS) is 13.1. The third kappa shape index (κ3) is 2.95. The zero-order valence-electron chi connectivity index (χ0n) is 8.96. The zero-order valence-corrected chi connectivity index (χ0v) is 11.1. The van der Waals surface area contributed by atoms with Crippen LogP contribution in [0.3, 0.4) is 0 Å². The van der Waals surface area contributed by atoms with E-state index in [2.05, 4.69) is 48.5 Å². The first-order valence-corrected chi connectivity index (χ1v) is 6.08. The van der Waals surface area contributed by atoms with Gasteiger partial charge >= 0.3 is 0 Å². The predicted octanol–water partition coefficient (Wildman–Crippen LogP) is 2.82. The molecule has 0 aliphatic heterocycles. The van der Waals surface area contributed by atoms with Crippen LogP contribution in [0.5, 0.6) is 0 Å². The molecule has 0 N–H and O–H groups in total. The van der Waals surface area contributed by atoms with Gasteiger partial charge in [-0.05, 0) is 42.9 Å². The largest absolute Gasteiger partial charge is 0.372 e. The molecule has 1 unspecified atom stereocenters. The SMILES string of the molecule is CCC(C)OCc1c(I)cnn1CC. The Hall–Kier alpha value is -0.100. The van der Waals surface area contributed by atoms with Gasteiger partial charge in [-0.25, -0.2) is 0 Å². The Bertz CT molecular complexity index is 286. The third-order valence-corrected chi connectivity index (χ3v) is 3.18. The maximum Gasteiger partial charge on any atom is 0.0899 e. The molecule has 1 aromatic heterocycles. The van der Waals surface area contributed by atoms with Crippen molar-refractivity contribution in [3.05, 3.63) is 15.5 Å². The summed E-state index contributed by atoms with van der Waals surface area (Å²) in [6, 6.07) is 0. The summed E-state index contributed by atoms with van der Waals surface area (Å²) in [5, 5.41) is 4.27. The Kier molecular flexibility index (Phi) is 4.88. The van der Waals surface area contributed by atoms with Gasteiger partial charge in [0.05, 0.1) is 28.2 Å². The molecule has 0 bridgehead atoms. The van der Waals surface area contributed by atoms with Crippen molar-refractivity contribution in [3.8, 4) is 0 Å². The molecule has 1 heterocycles. The molecule has 4 heteroatoms. The Labute approximate surface area is 99.0 Å². The second-order valence-corrected chi connectivity index (χ2v) is 4.45. The second kappa shape index (κ2) is 5.70. The number of hydrogen-bond acceptors (Lipinski definition) is 2. The van der Waals surface area contributed by atoms with Gasteiger partial charge < -0.3 is 4.74 Å². The van der Waals surface area contributed by atoms with Crippen molar-refractivity contribution in [2.24, 2.45) is 0 Å². The fourth-order valence-electron chi connectivity index (χ4n) is 1.14. The van der Waals surface area contributed by atoms with Gasteiger partial charge in [0.1, 0.15) is 0 Å². The molecular weight excluding hydrogens is 291 g/mol. The lowest BCUT2D eigenvalue weighted by atomic mass is 10.3. The van der Waals surface area contributed by atoms with Gasteiger partial charge in [-0.15, -0.1) is 0 Å². The van der Waals surface area contributed by atoms with Gasteiger partial charge in [0, 0.05) is 6.54 Å². The van der Waals surface area contributed by atoms with E-state index in [9.17, 15) is 0 Å². The topological polar surface area (TPSA) is 27.1 Å². The summed E-state index contributed by atoms with van der Waals surface area (Å²) >= 11 is 2.30. The maximum atomic E-state index is 5.69. The van der Waals surface area contributed by atoms with Gasteiger partial charge in [0.15, 0.2) is 0 Å². The minimum Gasteiger partial charge on any atom is -0.372 e. The van der Waals surface area contributed by atoms with E-state index in [0.717, 1.165) is 13.0 Å². The van der Waals surface area contributed by atoms with E-state index in [1.54, 1.807) is 0 Å². The van der Waals surface area contributed by atoms with Crippen LogP contribution in [0.4, 0.5) is 0 Å². The van der Waals surface area contributed by atoms with E-state index < -0.39 is 0 Å². The summed E-state index contributed by atoms with van der Waals surface area (Å²) < 4.78 is 8.87. The fourth-order valence-corrected chi connectivity index (χ4v) is 1.70. The number of ether oxygens (including phenoxy) is 1. The van der Waals surface area contributed by atoms with Crippen molar-refractivity contribution < 1.29 is 4.74 Å². The molecule has 3 nitrogen and oxygen atoms in total. The smallest absolute Gasteiger partial charge is 0.0899 e. The second-order valence-electron chi connectivity index (χ2n) is 3.28. The van der Waals surface area contributed by atoms with Crippen LogP contribution in [0.25, 0.3) is 0 Å². The molecule has 0 aliphatic carbocycles. The molecule has 0 aromatic carbocycles. The van der Waals surface area contributed by atoms with E-state index in [0.29, 0.717) is 12.7 Å². The summed E-state index contributed by atoms with van der Waals surface area (Å²) in [5.74, 6) is 0. The molecule has 0 aliphatic rings. The van der Waals surface area contributed by atoms with E-state index in [1.807, 2.05) is 10.9 Å². The standard InChI is InChI=1S/C10H17IN2O/c1-4-8(3)14-7-10-9(11)6-12-13(10)5-2/h6,8H,4-5,7H2,1-3H3. The van der Waals surface area contributed by atoms with Crippen LogP contribution in [-0.2, 0) is 17.9 Å². The van der Waals surface area contributed by atoms with Crippen LogP contribution in [0.1, 0.15) is 32.9 Å². The Morgan fingerprint density at radius 1 is 1.57 bits per heavy atom. The lowest BCUT2D eigenvalue weighted by Crippen LogP contribution is -2.11. The molecule has 0 spiro atoms. The highest BCUT2D eigenvalue weighted by Gasteiger charge is 2.08. The molecule has 0 fully saturated rings. The van der Waals surface area contributed by atoms with E-state index in [-0.39, 0.29) is 0 Å². The number of nitrogens with zero attached hydrogens (tertiary/aromatic N) is 2. The minimum atomic E-state index is 0.325. The van der Waals surface area contributed by atoms with Crippen LogP contribution < -0.4 is 0 Å². The molecule has 0 saturated carbocycles. The highest BCUT2D eigenvalue weighted by Crippen LogP contribution is 2.13. The van der Waals surface area contributed by atoms with Crippen molar-refractivity contribution in [2.45, 2.75) is 46.4 Å². The first-order chi connectivity index (χ1) is 6.69. The lowest BCUT2D eigenvalue weighted by molar-refractivity contribution is 0.0463. The molecule has 1 rings (SSSR count). The number of halogens is 1. The first-order valence-electron chi connectivity index (χ1n) is 5.00. The van der Waals surface area contributed by atoms with Crippen molar-refractivity contribution in [1.82, 2.24) is 9.78 Å². The average Bonchev–Trinajstić information content (AvgIpc) is 2.55. The van der Waals surface area contributed by atoms with Crippen LogP contribution in [0, 0.1) is 3.57 Å². The van der Waals surface area contributed by atoms with Crippen LogP contribution >= 0.6 is 22.6 Å². The van der Waals surface area contributed by atoms with Gasteiger partial charge in [-0.1, -0.05) is 6.92 Å². The van der Waals surface area contributed by atoms with Gasteiger partial charge in [-0.3, -0.25) is 4.68 Å². The number of aromatic nitrogens is 2. The number of rotatable bonds is 5. The van der Waals surface area contributed by atoms with E-state index in [1.165, 1.54) is 9.26 Å². The first kappa shape index (κ1) is 12.0. The molecule has 0 radical (unpaired) electrons. The predicted molar refractivity (Wildman–Crippen MR) is 65.2 cm³/mol. The highest BCUT2D eigenvalue weighted by atomic mass is 127. The monoisotopic (exact) mass is 308 g/mol. The fraction of sp³-hybridized carbons (Fsp3) is 0.700. The number of aryl methyl sites for hydroxylation is 1. The van der Waals surface area contributed by atoms with Gasteiger partial charge in [0.2, 0.25) is 0 Å². The van der Waals surface area contributed by atoms with E-state index >= 15 is 0 Å². The molecule has 1 aromatic rings. The van der Waals surface area contributed by atoms with Crippen molar-refractivity contribution in [3.63, 3.8) is 0 Å². The van der Waals surface area contributed by atoms with Crippen molar-refractivity contribution in [1.29, 1.82) is 0 Å². The van der Waals surface area contributed by atoms with Gasteiger partial charge in [0.25, 0.3) is 0 Å². The third-order valence-electron chi connectivity index (χ3n) is 2.28. The summed E-state index contributed by atoms with van der Waals surface area (Å²) in [7, 11) is 0.